The van der Waals surface area contributed by atoms with Crippen LogP contribution in [-0.4, -0.2) is 87.5 Å². The lowest BCUT2D eigenvalue weighted by Gasteiger charge is -2.34. The van der Waals surface area contributed by atoms with E-state index in [4.69, 9.17) is 14.5 Å². The molecule has 1 unspecified atom stereocenters. The van der Waals surface area contributed by atoms with Gasteiger partial charge in [0.05, 0.1) is 6.10 Å². The summed E-state index contributed by atoms with van der Waals surface area (Å²) in [5, 5.41) is 3.50. The molecule has 1 saturated carbocycles. The predicted molar refractivity (Wildman–Crippen MR) is 106 cm³/mol. The highest BCUT2D eigenvalue weighted by molar-refractivity contribution is 5.80. The lowest BCUT2D eigenvalue weighted by Crippen LogP contribution is -2.47. The fourth-order valence-corrected chi connectivity index (χ4v) is 4.11. The summed E-state index contributed by atoms with van der Waals surface area (Å²) in [6.45, 7) is 10.3. The van der Waals surface area contributed by atoms with Crippen LogP contribution in [0.4, 0.5) is 0 Å². The van der Waals surface area contributed by atoms with E-state index in [1.54, 1.807) is 7.11 Å². The monoisotopic (exact) mass is 366 g/mol. The second-order valence-electron chi connectivity index (χ2n) is 7.98. The van der Waals surface area contributed by atoms with Crippen LogP contribution < -0.4 is 5.32 Å². The number of ether oxygens (including phenoxy) is 2. The Morgan fingerprint density at radius 1 is 1.08 bits per heavy atom. The third-order valence-corrected chi connectivity index (χ3v) is 5.80. The maximum atomic E-state index is 5.98. The van der Waals surface area contributed by atoms with Gasteiger partial charge in [-0.05, 0) is 57.9 Å². The Hall–Kier alpha value is -0.850. The van der Waals surface area contributed by atoms with E-state index in [0.29, 0.717) is 6.10 Å². The third-order valence-electron chi connectivity index (χ3n) is 5.80. The number of nitrogens with one attached hydrogen (secondary N) is 1. The number of likely N-dealkylation sites (tertiary alicyclic amines) is 2. The van der Waals surface area contributed by atoms with Gasteiger partial charge >= 0.3 is 0 Å². The minimum absolute atomic E-state index is 0.396. The molecule has 1 N–H and O–H groups in total. The molecule has 0 aromatic heterocycles. The largest absolute Gasteiger partial charge is 0.385 e. The van der Waals surface area contributed by atoms with Crippen LogP contribution in [0.1, 0.15) is 45.4 Å². The topological polar surface area (TPSA) is 49.3 Å². The first-order valence-electron chi connectivity index (χ1n) is 10.7. The summed E-state index contributed by atoms with van der Waals surface area (Å²) in [5.41, 5.74) is 0. The maximum absolute atomic E-state index is 5.98. The van der Waals surface area contributed by atoms with Crippen LogP contribution in [0, 0.1) is 5.92 Å². The van der Waals surface area contributed by atoms with Crippen LogP contribution in [-0.2, 0) is 9.47 Å². The molecule has 2 aliphatic heterocycles. The molecule has 0 radical (unpaired) electrons. The van der Waals surface area contributed by atoms with Crippen LogP contribution in [0.2, 0.25) is 0 Å². The summed E-state index contributed by atoms with van der Waals surface area (Å²) in [6.07, 6.45) is 7.72. The van der Waals surface area contributed by atoms with Crippen LogP contribution >= 0.6 is 0 Å². The Kier molecular flexibility index (Phi) is 8.02. The molecular weight excluding hydrogens is 328 g/mol. The molecule has 0 amide bonds. The molecule has 150 valence electrons. The van der Waals surface area contributed by atoms with Gasteiger partial charge in [-0.25, -0.2) is 0 Å². The number of hydrogen-bond donors (Lipinski definition) is 1. The van der Waals surface area contributed by atoms with Crippen molar-refractivity contribution in [3.8, 4) is 0 Å². The van der Waals surface area contributed by atoms with Gasteiger partial charge in [-0.15, -0.1) is 0 Å². The van der Waals surface area contributed by atoms with Crippen molar-refractivity contribution in [2.45, 2.75) is 57.6 Å². The van der Waals surface area contributed by atoms with E-state index in [2.05, 4.69) is 22.0 Å². The van der Waals surface area contributed by atoms with Crippen molar-refractivity contribution < 1.29 is 9.47 Å². The Labute approximate surface area is 159 Å². The minimum atomic E-state index is 0.396. The first-order chi connectivity index (χ1) is 12.8. The number of hydrogen-bond acceptors (Lipinski definition) is 4. The zero-order chi connectivity index (χ0) is 18.2. The summed E-state index contributed by atoms with van der Waals surface area (Å²) in [6, 6.07) is 0.903. The molecule has 0 spiro atoms. The zero-order valence-corrected chi connectivity index (χ0v) is 16.8. The fraction of sp³-hybridized carbons (Fsp3) is 0.950. The van der Waals surface area contributed by atoms with E-state index in [1.165, 1.54) is 32.4 Å². The van der Waals surface area contributed by atoms with Gasteiger partial charge < -0.3 is 24.6 Å². The molecule has 2 saturated heterocycles. The molecule has 6 heteroatoms. The molecule has 0 aromatic rings. The Morgan fingerprint density at radius 2 is 1.88 bits per heavy atom. The molecule has 6 nitrogen and oxygen atoms in total. The van der Waals surface area contributed by atoms with Crippen LogP contribution in [0.15, 0.2) is 4.99 Å². The average Bonchev–Trinajstić information content (AvgIpc) is 3.41. The zero-order valence-electron chi connectivity index (χ0n) is 16.8. The number of nitrogens with zero attached hydrogens (tertiary/aromatic N) is 3. The SMILES string of the molecule is CCNC(=NCC1CCN(C2CC2)C1)N1CCC(OCCCOC)CC1. The number of methoxy groups -OCH3 is 1. The van der Waals surface area contributed by atoms with Gasteiger partial charge in [-0.2, -0.15) is 0 Å². The van der Waals surface area contributed by atoms with E-state index in [1.807, 2.05) is 0 Å². The fourth-order valence-electron chi connectivity index (χ4n) is 4.11. The predicted octanol–water partition coefficient (Wildman–Crippen LogP) is 1.95. The summed E-state index contributed by atoms with van der Waals surface area (Å²) in [7, 11) is 1.75. The van der Waals surface area contributed by atoms with Crippen LogP contribution in [0.25, 0.3) is 0 Å². The molecule has 1 atom stereocenters. The smallest absolute Gasteiger partial charge is 0.193 e. The lowest BCUT2D eigenvalue weighted by atomic mass is 10.1. The Bertz CT molecular complexity index is 434. The van der Waals surface area contributed by atoms with Crippen molar-refractivity contribution in [1.82, 2.24) is 15.1 Å². The normalized spacial score (nSPS) is 25.8. The number of aliphatic imine (C=N–C) groups is 1. The second-order valence-corrected chi connectivity index (χ2v) is 7.98. The molecular formula is C20H38N4O2. The highest BCUT2D eigenvalue weighted by atomic mass is 16.5. The Balaban J connectivity index is 1.40. The standard InChI is InChI=1S/C20H38N4O2/c1-3-21-20(22-15-17-7-10-24(16-17)18-5-6-18)23-11-8-19(9-12-23)26-14-4-13-25-2/h17-19H,3-16H2,1-2H3,(H,21,22). The molecule has 3 rings (SSSR count). The van der Waals surface area contributed by atoms with Crippen LogP contribution in [0.5, 0.6) is 0 Å². The summed E-state index contributed by atoms with van der Waals surface area (Å²) < 4.78 is 11.1. The molecule has 3 fully saturated rings. The lowest BCUT2D eigenvalue weighted by molar-refractivity contribution is 0.00989. The van der Waals surface area contributed by atoms with Crippen molar-refractivity contribution in [2.75, 3.05) is 59.6 Å². The highest BCUT2D eigenvalue weighted by Gasteiger charge is 2.34. The average molecular weight is 367 g/mol. The molecule has 0 aromatic carbocycles. The first kappa shape index (κ1) is 19.9. The summed E-state index contributed by atoms with van der Waals surface area (Å²) in [4.78, 5) is 10.1. The third kappa shape index (κ3) is 6.10. The van der Waals surface area contributed by atoms with Gasteiger partial charge in [0.1, 0.15) is 0 Å². The van der Waals surface area contributed by atoms with Gasteiger partial charge in [-0.3, -0.25) is 4.99 Å². The van der Waals surface area contributed by atoms with Crippen molar-refractivity contribution in [3.63, 3.8) is 0 Å². The molecule has 0 bridgehead atoms. The van der Waals surface area contributed by atoms with E-state index in [0.717, 1.165) is 76.6 Å². The van der Waals surface area contributed by atoms with Crippen molar-refractivity contribution in [1.29, 1.82) is 0 Å². The van der Waals surface area contributed by atoms with Gasteiger partial charge in [0, 0.05) is 59.1 Å². The summed E-state index contributed by atoms with van der Waals surface area (Å²) in [5.74, 6) is 1.85. The van der Waals surface area contributed by atoms with E-state index >= 15 is 0 Å². The van der Waals surface area contributed by atoms with E-state index < -0.39 is 0 Å². The van der Waals surface area contributed by atoms with Crippen molar-refractivity contribution >= 4 is 5.96 Å². The number of guanidine groups is 1. The van der Waals surface area contributed by atoms with Crippen LogP contribution in [0.3, 0.4) is 0 Å². The highest BCUT2D eigenvalue weighted by Crippen LogP contribution is 2.31. The van der Waals surface area contributed by atoms with Gasteiger partial charge in [-0.1, -0.05) is 0 Å². The van der Waals surface area contributed by atoms with Gasteiger partial charge in [0.25, 0.3) is 0 Å². The van der Waals surface area contributed by atoms with Crippen molar-refractivity contribution in [2.24, 2.45) is 10.9 Å². The number of piperidine rings is 1. The van der Waals surface area contributed by atoms with Gasteiger partial charge in [0.15, 0.2) is 5.96 Å². The first-order valence-corrected chi connectivity index (χ1v) is 10.7. The molecule has 1 aliphatic carbocycles. The Morgan fingerprint density at radius 3 is 2.58 bits per heavy atom. The minimum Gasteiger partial charge on any atom is -0.385 e. The maximum Gasteiger partial charge on any atom is 0.193 e. The second kappa shape index (κ2) is 10.5. The number of rotatable bonds is 9. The van der Waals surface area contributed by atoms with E-state index in [9.17, 15) is 0 Å². The summed E-state index contributed by atoms with van der Waals surface area (Å²) >= 11 is 0. The quantitative estimate of drug-likeness (QED) is 0.384. The molecule has 3 aliphatic rings. The van der Waals surface area contributed by atoms with E-state index in [-0.39, 0.29) is 0 Å². The molecule has 26 heavy (non-hydrogen) atoms. The van der Waals surface area contributed by atoms with Gasteiger partial charge in [0.2, 0.25) is 0 Å². The molecule has 2 heterocycles. The van der Waals surface area contributed by atoms with Crippen molar-refractivity contribution in [3.05, 3.63) is 0 Å².